The molecule has 3 unspecified atom stereocenters. The molecule has 1 aliphatic rings. The van der Waals surface area contributed by atoms with Gasteiger partial charge in [0.15, 0.2) is 0 Å². The van der Waals surface area contributed by atoms with Crippen LogP contribution in [-0.2, 0) is 4.74 Å². The van der Waals surface area contributed by atoms with E-state index in [0.29, 0.717) is 23.1 Å². The van der Waals surface area contributed by atoms with Gasteiger partial charge in [-0.1, -0.05) is 33.4 Å². The molecule has 0 bridgehead atoms. The number of thiophene rings is 1. The molecule has 1 saturated carbocycles. The van der Waals surface area contributed by atoms with E-state index in [-0.39, 0.29) is 0 Å². The Balaban J connectivity index is 1.73. The van der Waals surface area contributed by atoms with Gasteiger partial charge in [0.25, 0.3) is 0 Å². The maximum atomic E-state index is 6.46. The summed E-state index contributed by atoms with van der Waals surface area (Å²) in [6.45, 7) is 10.5. The number of nitrogens with zero attached hydrogens (tertiary/aromatic N) is 2. The number of hydrogen-bond acceptors (Lipinski definition) is 3. The van der Waals surface area contributed by atoms with Gasteiger partial charge in [0.1, 0.15) is 0 Å². The van der Waals surface area contributed by atoms with Crippen molar-refractivity contribution in [3.05, 3.63) is 39.5 Å². The molecule has 144 valence electrons. The maximum Gasteiger partial charge on any atom is 0.0952 e. The van der Waals surface area contributed by atoms with Crippen molar-refractivity contribution in [2.45, 2.75) is 69.8 Å². The SMILES string of the molecule is C[SiH](C)C(C)(C)COC1CCCC(C(c2sccc2Br)n2ccnc2)C1. The summed E-state index contributed by atoms with van der Waals surface area (Å²) < 4.78 is 9.96. The monoisotopic (exact) mass is 454 g/mol. The first kappa shape index (κ1) is 20.3. The summed E-state index contributed by atoms with van der Waals surface area (Å²) in [5, 5.41) is 2.55. The zero-order chi connectivity index (χ0) is 18.7. The van der Waals surface area contributed by atoms with Gasteiger partial charge in [-0.15, -0.1) is 11.3 Å². The minimum Gasteiger partial charge on any atom is -0.378 e. The topological polar surface area (TPSA) is 27.1 Å². The average molecular weight is 456 g/mol. The van der Waals surface area contributed by atoms with Crippen molar-refractivity contribution >= 4 is 36.1 Å². The third-order valence-corrected chi connectivity index (χ3v) is 11.4. The maximum absolute atomic E-state index is 6.46. The Hall–Kier alpha value is -0.433. The average Bonchev–Trinajstić information content (AvgIpc) is 3.27. The predicted octanol–water partition coefficient (Wildman–Crippen LogP) is 6.14. The molecule has 0 amide bonds. The summed E-state index contributed by atoms with van der Waals surface area (Å²) in [6, 6.07) is 2.52. The van der Waals surface area contributed by atoms with Gasteiger partial charge in [-0.3, -0.25) is 0 Å². The lowest BCUT2D eigenvalue weighted by atomic mass is 9.81. The van der Waals surface area contributed by atoms with E-state index in [1.165, 1.54) is 28.6 Å². The van der Waals surface area contributed by atoms with Crippen LogP contribution >= 0.6 is 27.3 Å². The summed E-state index contributed by atoms with van der Waals surface area (Å²) in [5.41, 5.74) is 0. The molecule has 2 aromatic rings. The number of hydrogen-bond donors (Lipinski definition) is 0. The molecular weight excluding hydrogens is 424 g/mol. The van der Waals surface area contributed by atoms with Crippen molar-refractivity contribution in [1.29, 1.82) is 0 Å². The molecule has 26 heavy (non-hydrogen) atoms. The first-order valence-corrected chi connectivity index (χ1v) is 14.3. The van der Waals surface area contributed by atoms with E-state index in [1.54, 1.807) is 0 Å². The van der Waals surface area contributed by atoms with Crippen LogP contribution in [0.25, 0.3) is 0 Å². The Morgan fingerprint density at radius 2 is 2.23 bits per heavy atom. The number of aromatic nitrogens is 2. The second-order valence-electron chi connectivity index (χ2n) is 8.59. The molecule has 3 rings (SSSR count). The van der Waals surface area contributed by atoms with Crippen LogP contribution < -0.4 is 0 Å². The molecule has 0 radical (unpaired) electrons. The molecule has 0 aromatic carbocycles. The fourth-order valence-electron chi connectivity index (χ4n) is 3.66. The smallest absolute Gasteiger partial charge is 0.0952 e. The van der Waals surface area contributed by atoms with Crippen molar-refractivity contribution in [1.82, 2.24) is 9.55 Å². The van der Waals surface area contributed by atoms with E-state index in [1.807, 2.05) is 23.9 Å². The Morgan fingerprint density at radius 1 is 1.42 bits per heavy atom. The van der Waals surface area contributed by atoms with Gasteiger partial charge in [0, 0.05) is 37.1 Å². The molecule has 1 aliphatic carbocycles. The molecule has 0 saturated heterocycles. The number of imidazole rings is 1. The van der Waals surface area contributed by atoms with Crippen LogP contribution in [0.15, 0.2) is 34.6 Å². The molecule has 6 heteroatoms. The van der Waals surface area contributed by atoms with Gasteiger partial charge in [0.05, 0.1) is 18.5 Å². The molecule has 1 fully saturated rings. The van der Waals surface area contributed by atoms with E-state index < -0.39 is 8.80 Å². The highest BCUT2D eigenvalue weighted by atomic mass is 79.9. The van der Waals surface area contributed by atoms with Crippen LogP contribution in [0.4, 0.5) is 0 Å². The minimum atomic E-state index is -0.717. The van der Waals surface area contributed by atoms with Crippen LogP contribution in [0.3, 0.4) is 0 Å². The normalized spacial score (nSPS) is 22.7. The second kappa shape index (κ2) is 8.72. The summed E-state index contributed by atoms with van der Waals surface area (Å²) in [6.07, 6.45) is 11.2. The lowest BCUT2D eigenvalue weighted by molar-refractivity contribution is -0.00300. The predicted molar refractivity (Wildman–Crippen MR) is 117 cm³/mol. The minimum absolute atomic E-state index is 0.353. The van der Waals surface area contributed by atoms with Gasteiger partial charge >= 0.3 is 0 Å². The van der Waals surface area contributed by atoms with Crippen molar-refractivity contribution in [3.63, 3.8) is 0 Å². The van der Waals surface area contributed by atoms with Crippen LogP contribution in [0.2, 0.25) is 18.1 Å². The fourth-order valence-corrected chi connectivity index (χ4v) is 5.90. The first-order chi connectivity index (χ1) is 12.4. The van der Waals surface area contributed by atoms with E-state index in [0.717, 1.165) is 13.0 Å². The number of rotatable bonds is 7. The van der Waals surface area contributed by atoms with E-state index in [2.05, 4.69) is 70.1 Å². The van der Waals surface area contributed by atoms with Crippen molar-refractivity contribution in [2.75, 3.05) is 6.61 Å². The summed E-state index contributed by atoms with van der Waals surface area (Å²) in [5.74, 6) is 0.595. The third kappa shape index (κ3) is 4.69. The van der Waals surface area contributed by atoms with Crippen LogP contribution in [0.1, 0.15) is 50.4 Å². The van der Waals surface area contributed by atoms with Gasteiger partial charge in [-0.2, -0.15) is 0 Å². The van der Waals surface area contributed by atoms with E-state index in [9.17, 15) is 0 Å². The van der Waals surface area contributed by atoms with Crippen LogP contribution in [0.5, 0.6) is 0 Å². The summed E-state index contributed by atoms with van der Waals surface area (Å²) >= 11 is 5.60. The molecular formula is C20H31BrN2OSSi. The Kier molecular flexibility index (Phi) is 6.81. The molecule has 3 nitrogen and oxygen atoms in total. The largest absolute Gasteiger partial charge is 0.378 e. The van der Waals surface area contributed by atoms with Gasteiger partial charge in [-0.05, 0) is 57.6 Å². The molecule has 0 aliphatic heterocycles. The molecule has 0 N–H and O–H groups in total. The standard InChI is InChI=1S/C20H31BrN2OSSi/c1-20(2,26(3)4)13-24-16-7-5-6-15(12-16)18(23-10-9-22-14-23)19-17(21)8-11-25-19/h8-11,14-16,18,26H,5-7,12-13H2,1-4H3. The molecule has 0 spiro atoms. The Bertz CT molecular complexity index is 686. The van der Waals surface area contributed by atoms with Crippen LogP contribution in [0, 0.1) is 5.92 Å². The molecule has 2 heterocycles. The van der Waals surface area contributed by atoms with E-state index in [4.69, 9.17) is 4.74 Å². The molecule has 3 atom stereocenters. The zero-order valence-electron chi connectivity index (χ0n) is 16.3. The summed E-state index contributed by atoms with van der Waals surface area (Å²) in [4.78, 5) is 5.72. The van der Waals surface area contributed by atoms with Crippen molar-refractivity contribution < 1.29 is 4.74 Å². The third-order valence-electron chi connectivity index (χ3n) is 6.13. The first-order valence-electron chi connectivity index (χ1n) is 9.70. The van der Waals surface area contributed by atoms with Gasteiger partial charge < -0.3 is 9.30 Å². The Labute approximate surface area is 171 Å². The van der Waals surface area contributed by atoms with Gasteiger partial charge in [-0.25, -0.2) is 4.98 Å². The van der Waals surface area contributed by atoms with Crippen molar-refractivity contribution in [3.8, 4) is 0 Å². The lowest BCUT2D eigenvalue weighted by Crippen LogP contribution is -2.33. The zero-order valence-corrected chi connectivity index (χ0v) is 19.9. The highest BCUT2D eigenvalue weighted by molar-refractivity contribution is 9.10. The second-order valence-corrected chi connectivity index (χ2v) is 14.3. The summed E-state index contributed by atoms with van der Waals surface area (Å²) in [7, 11) is -0.717. The lowest BCUT2D eigenvalue weighted by Gasteiger charge is -2.37. The van der Waals surface area contributed by atoms with Crippen molar-refractivity contribution in [2.24, 2.45) is 5.92 Å². The fraction of sp³-hybridized carbons (Fsp3) is 0.650. The Morgan fingerprint density at radius 3 is 2.85 bits per heavy atom. The molecule has 2 aromatic heterocycles. The number of halogens is 1. The number of ether oxygens (including phenoxy) is 1. The van der Waals surface area contributed by atoms with Gasteiger partial charge in [0.2, 0.25) is 0 Å². The highest BCUT2D eigenvalue weighted by Crippen LogP contribution is 2.43. The quantitative estimate of drug-likeness (QED) is 0.469. The highest BCUT2D eigenvalue weighted by Gasteiger charge is 2.34. The van der Waals surface area contributed by atoms with Crippen LogP contribution in [-0.4, -0.2) is 31.1 Å². The van der Waals surface area contributed by atoms with E-state index >= 15 is 0 Å².